The van der Waals surface area contributed by atoms with Crippen LogP contribution >= 0.6 is 0 Å². The molecular formula is C20H26N4O2. The lowest BCUT2D eigenvalue weighted by Crippen LogP contribution is -2.29. The average molecular weight is 354 g/mol. The fourth-order valence-electron chi connectivity index (χ4n) is 3.53. The van der Waals surface area contributed by atoms with Gasteiger partial charge in [0.25, 0.3) is 0 Å². The van der Waals surface area contributed by atoms with E-state index in [9.17, 15) is 0 Å². The Morgan fingerprint density at radius 2 is 1.08 bits per heavy atom. The lowest BCUT2D eigenvalue weighted by molar-refractivity contribution is 0.0451. The van der Waals surface area contributed by atoms with Gasteiger partial charge in [0.1, 0.15) is 24.9 Å². The molecule has 2 aromatic rings. The summed E-state index contributed by atoms with van der Waals surface area (Å²) in [6, 6.07) is 13.0. The summed E-state index contributed by atoms with van der Waals surface area (Å²) in [6.45, 7) is 8.22. The Bertz CT molecular complexity index is 743. The minimum atomic E-state index is -0.108. The van der Waals surface area contributed by atoms with Crippen LogP contribution in [0.3, 0.4) is 0 Å². The summed E-state index contributed by atoms with van der Waals surface area (Å²) in [5.74, 6) is 0. The van der Waals surface area contributed by atoms with Crippen molar-refractivity contribution in [2.24, 2.45) is 0 Å². The fourth-order valence-corrected chi connectivity index (χ4v) is 3.53. The molecule has 0 spiro atoms. The molecule has 26 heavy (non-hydrogen) atoms. The summed E-state index contributed by atoms with van der Waals surface area (Å²) in [7, 11) is 0. The molecule has 2 aliphatic rings. The Labute approximate surface area is 154 Å². The molecule has 4 rings (SSSR count). The van der Waals surface area contributed by atoms with Gasteiger partial charge in [0, 0.05) is 0 Å². The van der Waals surface area contributed by atoms with Gasteiger partial charge >= 0.3 is 0 Å². The molecule has 4 N–H and O–H groups in total. The van der Waals surface area contributed by atoms with Crippen molar-refractivity contribution in [3.63, 3.8) is 0 Å². The number of hydrogen-bond acceptors (Lipinski definition) is 6. The maximum atomic E-state index is 5.83. The summed E-state index contributed by atoms with van der Waals surface area (Å²) in [4.78, 5) is 0. The number of rotatable bonds is 3. The van der Waals surface area contributed by atoms with Crippen LogP contribution in [0.5, 0.6) is 0 Å². The van der Waals surface area contributed by atoms with Crippen molar-refractivity contribution in [3.05, 3.63) is 58.7 Å². The summed E-state index contributed by atoms with van der Waals surface area (Å²) in [6.07, 6.45) is -0.192. The third kappa shape index (κ3) is 3.40. The molecule has 2 aliphatic heterocycles. The van der Waals surface area contributed by atoms with Crippen LogP contribution in [0.1, 0.15) is 48.6 Å². The number of nitrogens with one attached hydrogen (secondary N) is 4. The van der Waals surface area contributed by atoms with Crippen LogP contribution in [0.15, 0.2) is 36.4 Å². The lowest BCUT2D eigenvalue weighted by Gasteiger charge is -2.16. The van der Waals surface area contributed by atoms with Gasteiger partial charge < -0.3 is 9.47 Å². The standard InChI is InChI=1S/C20H26N4O2/c1-11-9-15(5-7-17(11)19-23-21-13(3)25-19)16-6-8-18(12(2)10-16)20-24-22-14(4)26-20/h5-10,13-14,19-24H,1-4H3. The monoisotopic (exact) mass is 354 g/mol. The second kappa shape index (κ2) is 7.08. The van der Waals surface area contributed by atoms with Crippen molar-refractivity contribution >= 4 is 0 Å². The minimum absolute atomic E-state index is 0.0119. The van der Waals surface area contributed by atoms with Gasteiger partial charge in [-0.3, -0.25) is 0 Å². The van der Waals surface area contributed by atoms with Crippen molar-refractivity contribution in [3.8, 4) is 11.1 Å². The fraction of sp³-hybridized carbons (Fsp3) is 0.400. The molecule has 2 heterocycles. The summed E-state index contributed by atoms with van der Waals surface area (Å²) < 4.78 is 11.7. The highest BCUT2D eigenvalue weighted by Gasteiger charge is 2.25. The van der Waals surface area contributed by atoms with E-state index in [1.54, 1.807) is 0 Å². The summed E-state index contributed by atoms with van der Waals surface area (Å²) in [5.41, 5.74) is 19.7. The van der Waals surface area contributed by atoms with Gasteiger partial charge in [-0.25, -0.2) is 21.7 Å². The third-order valence-corrected chi connectivity index (χ3v) is 4.95. The van der Waals surface area contributed by atoms with E-state index in [0.717, 1.165) is 11.1 Å². The van der Waals surface area contributed by atoms with Crippen molar-refractivity contribution in [2.75, 3.05) is 0 Å². The number of ether oxygens (including phenoxy) is 2. The molecule has 0 radical (unpaired) electrons. The predicted molar refractivity (Wildman–Crippen MR) is 100 cm³/mol. The summed E-state index contributed by atoms with van der Waals surface area (Å²) in [5, 5.41) is 0. The number of hydrazine groups is 2. The molecule has 4 atom stereocenters. The van der Waals surface area contributed by atoms with E-state index in [2.05, 4.69) is 71.9 Å². The van der Waals surface area contributed by atoms with E-state index in [-0.39, 0.29) is 24.9 Å². The molecule has 0 aliphatic carbocycles. The van der Waals surface area contributed by atoms with E-state index >= 15 is 0 Å². The van der Waals surface area contributed by atoms with Crippen LogP contribution in [0, 0.1) is 13.8 Å². The number of hydrogen-bond donors (Lipinski definition) is 4. The highest BCUT2D eigenvalue weighted by molar-refractivity contribution is 5.66. The van der Waals surface area contributed by atoms with E-state index < -0.39 is 0 Å². The quantitative estimate of drug-likeness (QED) is 0.680. The largest absolute Gasteiger partial charge is 0.339 e. The molecule has 6 nitrogen and oxygen atoms in total. The zero-order valence-electron chi connectivity index (χ0n) is 15.6. The first-order valence-corrected chi connectivity index (χ1v) is 9.06. The van der Waals surface area contributed by atoms with E-state index in [4.69, 9.17) is 9.47 Å². The predicted octanol–water partition coefficient (Wildman–Crippen LogP) is 2.91. The maximum absolute atomic E-state index is 5.83. The highest BCUT2D eigenvalue weighted by atomic mass is 16.6. The Balaban J connectivity index is 1.57. The maximum Gasteiger partial charge on any atom is 0.149 e. The van der Waals surface area contributed by atoms with E-state index in [1.807, 2.05) is 13.8 Å². The third-order valence-electron chi connectivity index (χ3n) is 4.95. The van der Waals surface area contributed by atoms with E-state index in [0.29, 0.717) is 0 Å². The van der Waals surface area contributed by atoms with Gasteiger partial charge in [0.05, 0.1) is 0 Å². The van der Waals surface area contributed by atoms with E-state index in [1.165, 1.54) is 22.3 Å². The van der Waals surface area contributed by atoms with Crippen LogP contribution in [-0.2, 0) is 9.47 Å². The van der Waals surface area contributed by atoms with Crippen LogP contribution in [0.2, 0.25) is 0 Å². The molecule has 2 saturated heterocycles. The summed E-state index contributed by atoms with van der Waals surface area (Å²) >= 11 is 0. The van der Waals surface area contributed by atoms with Crippen molar-refractivity contribution in [1.29, 1.82) is 0 Å². The van der Waals surface area contributed by atoms with Gasteiger partial charge in [-0.2, -0.15) is 0 Å². The minimum Gasteiger partial charge on any atom is -0.339 e. The average Bonchev–Trinajstić information content (AvgIpc) is 3.23. The zero-order valence-corrected chi connectivity index (χ0v) is 15.6. The topological polar surface area (TPSA) is 66.6 Å². The Morgan fingerprint density at radius 1 is 0.654 bits per heavy atom. The second-order valence-electron chi connectivity index (χ2n) is 7.04. The lowest BCUT2D eigenvalue weighted by atomic mass is 9.96. The normalized spacial score (nSPS) is 28.6. The molecule has 138 valence electrons. The van der Waals surface area contributed by atoms with Gasteiger partial charge in [0.15, 0.2) is 0 Å². The molecular weight excluding hydrogens is 328 g/mol. The van der Waals surface area contributed by atoms with Crippen LogP contribution < -0.4 is 21.7 Å². The first-order valence-electron chi connectivity index (χ1n) is 9.06. The second-order valence-corrected chi connectivity index (χ2v) is 7.04. The Morgan fingerprint density at radius 3 is 1.38 bits per heavy atom. The Kier molecular flexibility index (Phi) is 4.79. The first-order chi connectivity index (χ1) is 12.5. The van der Waals surface area contributed by atoms with Gasteiger partial charge in [-0.15, -0.1) is 0 Å². The van der Waals surface area contributed by atoms with Crippen molar-refractivity contribution in [2.45, 2.75) is 52.6 Å². The highest BCUT2D eigenvalue weighted by Crippen LogP contribution is 2.30. The van der Waals surface area contributed by atoms with Crippen LogP contribution in [0.25, 0.3) is 11.1 Å². The Hall–Kier alpha value is -1.80. The molecule has 6 heteroatoms. The number of benzene rings is 2. The van der Waals surface area contributed by atoms with Crippen LogP contribution in [0.4, 0.5) is 0 Å². The molecule has 0 saturated carbocycles. The molecule has 4 unspecified atom stereocenters. The molecule has 2 aromatic carbocycles. The smallest absolute Gasteiger partial charge is 0.149 e. The molecule has 0 amide bonds. The van der Waals surface area contributed by atoms with Gasteiger partial charge in [0.2, 0.25) is 0 Å². The first kappa shape index (κ1) is 17.6. The van der Waals surface area contributed by atoms with Crippen molar-refractivity contribution < 1.29 is 9.47 Å². The van der Waals surface area contributed by atoms with Crippen molar-refractivity contribution in [1.82, 2.24) is 21.7 Å². The van der Waals surface area contributed by atoms with Crippen LogP contribution in [-0.4, -0.2) is 12.5 Å². The zero-order chi connectivity index (χ0) is 18.3. The molecule has 0 aromatic heterocycles. The number of aryl methyl sites for hydroxylation is 2. The van der Waals surface area contributed by atoms with Gasteiger partial charge in [-0.1, -0.05) is 36.4 Å². The molecule has 2 fully saturated rings. The molecule has 0 bridgehead atoms. The van der Waals surface area contributed by atoms with Gasteiger partial charge in [-0.05, 0) is 61.1 Å². The SMILES string of the molecule is Cc1cc(-c2ccc(C3NNC(C)O3)c(C)c2)ccc1C1NNC(C)O1.